The molecule has 0 radical (unpaired) electrons. The molecule has 270 valence electrons. The van der Waals surface area contributed by atoms with E-state index in [-0.39, 0.29) is 36.9 Å². The van der Waals surface area contributed by atoms with Gasteiger partial charge in [0.25, 0.3) is 0 Å². The van der Waals surface area contributed by atoms with E-state index in [9.17, 15) is 0 Å². The van der Waals surface area contributed by atoms with Gasteiger partial charge in [-0.25, -0.2) is 9.98 Å². The molecule has 1 fully saturated rings. The van der Waals surface area contributed by atoms with Crippen molar-refractivity contribution in [3.63, 3.8) is 0 Å². The van der Waals surface area contributed by atoms with Crippen LogP contribution < -0.4 is 0 Å². The largest absolute Gasteiger partial charge is 0.338 e. The Kier molecular flexibility index (Phi) is 12.7. The molecule has 1 heterocycles. The van der Waals surface area contributed by atoms with Crippen LogP contribution in [0.4, 0.5) is 11.4 Å². The fourth-order valence-electron chi connectivity index (χ4n) is 6.95. The average molecular weight is 806 g/mol. The Morgan fingerprint density at radius 2 is 1.00 bits per heavy atom. The Balaban J connectivity index is 1.77. The molecule has 0 aromatic heterocycles. The third kappa shape index (κ3) is 8.22. The van der Waals surface area contributed by atoms with Gasteiger partial charge in [-0.2, -0.15) is 0 Å². The number of aliphatic imine (C=N–C) groups is 2. The van der Waals surface area contributed by atoms with E-state index in [1.54, 1.807) is 0 Å². The highest BCUT2D eigenvalue weighted by atomic mass is 35.5. The third-order valence-corrected chi connectivity index (χ3v) is 11.9. The van der Waals surface area contributed by atoms with Crippen molar-refractivity contribution >= 4 is 92.7 Å². The maximum absolute atomic E-state index is 6.98. The zero-order valence-electron chi connectivity index (χ0n) is 30.6. The van der Waals surface area contributed by atoms with Crippen LogP contribution in [0, 0.1) is 34.6 Å². The molecule has 0 atom stereocenters. The van der Waals surface area contributed by atoms with E-state index >= 15 is 0 Å². The van der Waals surface area contributed by atoms with E-state index in [0.717, 1.165) is 52.3 Å². The topological polar surface area (TPSA) is 31.2 Å². The zero-order valence-corrected chi connectivity index (χ0v) is 35.1. The van der Waals surface area contributed by atoms with Crippen molar-refractivity contribution in [1.82, 2.24) is 9.80 Å². The standard InChI is InChI=1S/C41H44Cl6N4/c1-21(2)28-12-10-13-29(22(3)4)39(28)49-40(31-25(7)16-23(5)17-26(31)8)50-14-11-15-51(20-50)41(48-38-27(9)18-24(6)19-30(38)42)32-33(43)35(45)37(47)36(46)34(32)44/h10,12-13,16-19,21-22H,11,14-15,20H2,1-9H3. The van der Waals surface area contributed by atoms with Gasteiger partial charge in [0.1, 0.15) is 11.7 Å². The minimum absolute atomic E-state index is 0.0887. The van der Waals surface area contributed by atoms with Crippen molar-refractivity contribution in [3.05, 3.63) is 123 Å². The Labute approximate surface area is 333 Å². The molecule has 1 aliphatic rings. The van der Waals surface area contributed by atoms with Crippen molar-refractivity contribution in [2.24, 2.45) is 9.98 Å². The highest BCUT2D eigenvalue weighted by Crippen LogP contribution is 2.45. The van der Waals surface area contributed by atoms with Gasteiger partial charge in [-0.1, -0.05) is 139 Å². The van der Waals surface area contributed by atoms with Gasteiger partial charge in [-0.15, -0.1) is 0 Å². The predicted molar refractivity (Wildman–Crippen MR) is 223 cm³/mol. The second-order valence-electron chi connectivity index (χ2n) is 14.1. The minimum atomic E-state index is 0.0887. The Bertz CT molecular complexity index is 1950. The van der Waals surface area contributed by atoms with Crippen LogP contribution in [0.5, 0.6) is 0 Å². The molecule has 0 saturated carbocycles. The highest BCUT2D eigenvalue weighted by Gasteiger charge is 2.31. The van der Waals surface area contributed by atoms with Gasteiger partial charge >= 0.3 is 0 Å². The Morgan fingerprint density at radius 1 is 0.569 bits per heavy atom. The van der Waals surface area contributed by atoms with Gasteiger partial charge in [-0.05, 0) is 92.3 Å². The summed E-state index contributed by atoms with van der Waals surface area (Å²) in [6, 6.07) is 14.9. The summed E-state index contributed by atoms with van der Waals surface area (Å²) in [5.74, 6) is 1.96. The van der Waals surface area contributed by atoms with Crippen molar-refractivity contribution < 1.29 is 0 Å². The first-order valence-corrected chi connectivity index (χ1v) is 19.4. The Hall–Kier alpha value is -2.44. The van der Waals surface area contributed by atoms with Crippen molar-refractivity contribution in [1.29, 1.82) is 0 Å². The molecule has 1 aliphatic heterocycles. The smallest absolute Gasteiger partial charge is 0.141 e. The molecule has 0 amide bonds. The second kappa shape index (κ2) is 16.3. The summed E-state index contributed by atoms with van der Waals surface area (Å²) in [5, 5.41) is 1.15. The lowest BCUT2D eigenvalue weighted by molar-refractivity contribution is 0.214. The number of aryl methyl sites for hydroxylation is 5. The number of amidine groups is 2. The molecule has 4 aromatic rings. The fourth-order valence-corrected chi connectivity index (χ4v) is 8.62. The van der Waals surface area contributed by atoms with Crippen molar-refractivity contribution in [2.45, 2.75) is 80.6 Å². The van der Waals surface area contributed by atoms with Crippen LogP contribution in [0.25, 0.3) is 0 Å². The number of hydrogen-bond donors (Lipinski definition) is 0. The lowest BCUT2D eigenvalue weighted by atomic mass is 9.92. The summed E-state index contributed by atoms with van der Waals surface area (Å²) in [6.45, 7) is 21.2. The first kappa shape index (κ1) is 39.8. The van der Waals surface area contributed by atoms with Gasteiger partial charge in [0.2, 0.25) is 0 Å². The van der Waals surface area contributed by atoms with Crippen LogP contribution in [0.3, 0.4) is 0 Å². The van der Waals surface area contributed by atoms with Crippen LogP contribution >= 0.6 is 69.6 Å². The maximum atomic E-state index is 6.98. The first-order valence-electron chi connectivity index (χ1n) is 17.2. The molecule has 1 saturated heterocycles. The molecule has 0 aliphatic carbocycles. The van der Waals surface area contributed by atoms with Crippen molar-refractivity contribution in [3.8, 4) is 0 Å². The summed E-state index contributed by atoms with van der Waals surface area (Å²) in [7, 11) is 0. The number of benzene rings is 4. The highest BCUT2D eigenvalue weighted by molar-refractivity contribution is 6.56. The maximum Gasteiger partial charge on any atom is 0.141 e. The van der Waals surface area contributed by atoms with Crippen LogP contribution in [-0.4, -0.2) is 41.2 Å². The van der Waals surface area contributed by atoms with E-state index in [4.69, 9.17) is 79.6 Å². The molecule has 0 N–H and O–H groups in total. The van der Waals surface area contributed by atoms with E-state index in [2.05, 4.69) is 88.6 Å². The van der Waals surface area contributed by atoms with Gasteiger partial charge < -0.3 is 9.80 Å². The molecule has 4 aromatic carbocycles. The molecule has 10 heteroatoms. The predicted octanol–water partition coefficient (Wildman–Crippen LogP) is 14.2. The molecular formula is C41H44Cl6N4. The average Bonchev–Trinajstić information content (AvgIpc) is 3.06. The fraction of sp³-hybridized carbons (Fsp3) is 0.366. The molecule has 5 rings (SSSR count). The van der Waals surface area contributed by atoms with E-state index in [0.29, 0.717) is 35.3 Å². The molecule has 0 spiro atoms. The Morgan fingerprint density at radius 3 is 1.49 bits per heavy atom. The van der Waals surface area contributed by atoms with Crippen LogP contribution in [0.1, 0.15) is 96.0 Å². The van der Waals surface area contributed by atoms with Crippen LogP contribution in [0.2, 0.25) is 30.1 Å². The quantitative estimate of drug-likeness (QED) is 0.0841. The molecule has 4 nitrogen and oxygen atoms in total. The molecule has 0 bridgehead atoms. The normalized spacial score (nSPS) is 14.4. The number of nitrogens with zero attached hydrogens (tertiary/aromatic N) is 4. The summed E-state index contributed by atoms with van der Waals surface area (Å²) >= 11 is 40.6. The summed E-state index contributed by atoms with van der Waals surface area (Å²) in [5.41, 5.74) is 11.0. The minimum Gasteiger partial charge on any atom is -0.338 e. The number of rotatable bonds is 6. The van der Waals surface area contributed by atoms with Gasteiger partial charge in [-0.3, -0.25) is 0 Å². The molecule has 51 heavy (non-hydrogen) atoms. The number of halogens is 6. The summed E-state index contributed by atoms with van der Waals surface area (Å²) < 4.78 is 0. The molecule has 0 unspecified atom stereocenters. The van der Waals surface area contributed by atoms with Crippen LogP contribution in [-0.2, 0) is 0 Å². The lowest BCUT2D eigenvalue weighted by Gasteiger charge is -2.40. The van der Waals surface area contributed by atoms with Gasteiger partial charge in [0, 0.05) is 18.7 Å². The number of hydrogen-bond acceptors (Lipinski definition) is 2. The van der Waals surface area contributed by atoms with Gasteiger partial charge in [0.05, 0.1) is 53.7 Å². The van der Waals surface area contributed by atoms with E-state index in [1.807, 2.05) is 26.0 Å². The zero-order chi connectivity index (χ0) is 37.5. The second-order valence-corrected chi connectivity index (χ2v) is 16.4. The molecular weight excluding hydrogens is 761 g/mol. The number of para-hydroxylation sites is 1. The lowest BCUT2D eigenvalue weighted by Crippen LogP contribution is -2.50. The third-order valence-electron chi connectivity index (χ3n) is 9.31. The SMILES string of the molecule is Cc1cc(C)c(C(=Nc2c(C(C)C)cccc2C(C)C)N2CCCN(C(=Nc3c(C)cc(C)cc3Cl)c3c(Cl)c(Cl)c(Cl)c(Cl)c3Cl)C2)c(C)c1. The monoisotopic (exact) mass is 802 g/mol. The van der Waals surface area contributed by atoms with Gasteiger partial charge in [0.15, 0.2) is 0 Å². The summed E-state index contributed by atoms with van der Waals surface area (Å²) in [4.78, 5) is 15.3. The van der Waals surface area contributed by atoms with Crippen molar-refractivity contribution in [2.75, 3.05) is 19.8 Å². The first-order chi connectivity index (χ1) is 24.0. The van der Waals surface area contributed by atoms with Crippen LogP contribution in [0.15, 0.2) is 52.4 Å². The van der Waals surface area contributed by atoms with E-state index in [1.165, 1.54) is 16.7 Å². The summed E-state index contributed by atoms with van der Waals surface area (Å²) in [6.07, 6.45) is 0.801. The van der Waals surface area contributed by atoms with E-state index < -0.39 is 0 Å².